The maximum absolute atomic E-state index is 13.7. The van der Waals surface area contributed by atoms with Gasteiger partial charge in [0.25, 0.3) is 0 Å². The van der Waals surface area contributed by atoms with Crippen LogP contribution in [0.25, 0.3) is 0 Å². The van der Waals surface area contributed by atoms with E-state index in [0.717, 1.165) is 11.1 Å². The Bertz CT molecular complexity index is 599. The molecule has 0 aliphatic carbocycles. The monoisotopic (exact) mass is 297 g/mol. The molecule has 2 rings (SSSR count). The minimum absolute atomic E-state index is 0.270. The smallest absolute Gasteiger partial charge is 0.127 e. The predicted molar refractivity (Wildman–Crippen MR) is 78.2 cm³/mol. The maximum atomic E-state index is 13.7. The van der Waals surface area contributed by atoms with Gasteiger partial charge in [-0.25, -0.2) is 4.39 Å². The Morgan fingerprint density at radius 3 is 2.37 bits per heavy atom. The molecule has 1 nitrogen and oxygen atoms in total. The van der Waals surface area contributed by atoms with Gasteiger partial charge in [-0.15, -0.1) is 0 Å². The minimum Gasteiger partial charge on any atom is -0.324 e. The zero-order valence-electron chi connectivity index (χ0n) is 10.5. The largest absolute Gasteiger partial charge is 0.324 e. The Morgan fingerprint density at radius 1 is 1.11 bits per heavy atom. The average Bonchev–Trinajstić information content (AvgIpc) is 2.32. The van der Waals surface area contributed by atoms with E-state index < -0.39 is 0 Å². The fourth-order valence-corrected chi connectivity index (χ4v) is 2.47. The molecule has 2 N–H and O–H groups in total. The van der Waals surface area contributed by atoms with E-state index in [2.05, 4.69) is 0 Å². The van der Waals surface area contributed by atoms with Gasteiger partial charge >= 0.3 is 0 Å². The highest BCUT2D eigenvalue weighted by Gasteiger charge is 2.13. The summed E-state index contributed by atoms with van der Waals surface area (Å²) < 4.78 is 13.7. The van der Waals surface area contributed by atoms with Crippen LogP contribution in [0.3, 0.4) is 0 Å². The molecule has 0 radical (unpaired) electrons. The van der Waals surface area contributed by atoms with Crippen LogP contribution in [0, 0.1) is 12.7 Å². The molecule has 0 aliphatic heterocycles. The molecule has 0 amide bonds. The van der Waals surface area contributed by atoms with Gasteiger partial charge in [-0.1, -0.05) is 35.3 Å². The van der Waals surface area contributed by atoms with Crippen molar-refractivity contribution in [3.05, 3.63) is 69.0 Å². The lowest BCUT2D eigenvalue weighted by atomic mass is 9.96. The summed E-state index contributed by atoms with van der Waals surface area (Å²) in [7, 11) is 0. The van der Waals surface area contributed by atoms with Crippen LogP contribution in [0.1, 0.15) is 22.7 Å². The van der Waals surface area contributed by atoms with Crippen LogP contribution in [-0.4, -0.2) is 0 Å². The molecule has 1 unspecified atom stereocenters. The fraction of sp³-hybridized carbons (Fsp3) is 0.200. The SMILES string of the molecule is Cc1cc(Cl)ccc1C(N)Cc1ccc(Cl)cc1F. The van der Waals surface area contributed by atoms with E-state index in [9.17, 15) is 4.39 Å². The molecule has 0 heterocycles. The minimum atomic E-state index is -0.324. The molecule has 2 aromatic rings. The first-order valence-electron chi connectivity index (χ1n) is 5.93. The van der Waals surface area contributed by atoms with E-state index in [1.807, 2.05) is 19.1 Å². The number of nitrogens with two attached hydrogens (primary N) is 1. The standard InChI is InChI=1S/C15H14Cl2FN/c1-9-6-11(16)4-5-13(9)15(19)7-10-2-3-12(17)8-14(10)18/h2-6,8,15H,7,19H2,1H3. The van der Waals surface area contributed by atoms with Crippen molar-refractivity contribution in [2.45, 2.75) is 19.4 Å². The van der Waals surface area contributed by atoms with Gasteiger partial charge in [-0.05, 0) is 54.3 Å². The average molecular weight is 298 g/mol. The topological polar surface area (TPSA) is 26.0 Å². The van der Waals surface area contributed by atoms with Gasteiger partial charge in [-0.2, -0.15) is 0 Å². The van der Waals surface area contributed by atoms with E-state index in [1.165, 1.54) is 6.07 Å². The summed E-state index contributed by atoms with van der Waals surface area (Å²) in [5, 5.41) is 1.06. The van der Waals surface area contributed by atoms with Crippen LogP contribution >= 0.6 is 23.2 Å². The molecule has 0 aromatic heterocycles. The van der Waals surface area contributed by atoms with E-state index in [4.69, 9.17) is 28.9 Å². The lowest BCUT2D eigenvalue weighted by molar-refractivity contribution is 0.593. The van der Waals surface area contributed by atoms with E-state index in [-0.39, 0.29) is 11.9 Å². The zero-order valence-corrected chi connectivity index (χ0v) is 12.0. The third kappa shape index (κ3) is 3.47. The zero-order chi connectivity index (χ0) is 14.0. The van der Waals surface area contributed by atoms with Crippen LogP contribution in [0.15, 0.2) is 36.4 Å². The normalized spacial score (nSPS) is 12.5. The quantitative estimate of drug-likeness (QED) is 0.874. The summed E-state index contributed by atoms with van der Waals surface area (Å²) in [5.74, 6) is -0.324. The molecule has 0 spiro atoms. The summed E-state index contributed by atoms with van der Waals surface area (Å²) in [6.45, 7) is 1.94. The lowest BCUT2D eigenvalue weighted by Crippen LogP contribution is -2.15. The second kappa shape index (κ2) is 5.91. The van der Waals surface area contributed by atoms with Crippen molar-refractivity contribution in [1.29, 1.82) is 0 Å². The molecule has 0 bridgehead atoms. The van der Waals surface area contributed by atoms with Crippen molar-refractivity contribution < 1.29 is 4.39 Å². The molecule has 2 aromatic carbocycles. The molecular formula is C15H14Cl2FN. The van der Waals surface area contributed by atoms with Crippen LogP contribution < -0.4 is 5.73 Å². The molecule has 19 heavy (non-hydrogen) atoms. The third-order valence-corrected chi connectivity index (χ3v) is 3.56. The van der Waals surface area contributed by atoms with Crippen LogP contribution in [0.5, 0.6) is 0 Å². The van der Waals surface area contributed by atoms with Crippen LogP contribution in [-0.2, 0) is 6.42 Å². The third-order valence-electron chi connectivity index (χ3n) is 3.09. The number of hydrogen-bond donors (Lipinski definition) is 1. The van der Waals surface area contributed by atoms with E-state index in [1.54, 1.807) is 18.2 Å². The Hall–Kier alpha value is -1.09. The van der Waals surface area contributed by atoms with Gasteiger partial charge in [-0.3, -0.25) is 0 Å². The number of aryl methyl sites for hydroxylation is 1. The second-order valence-electron chi connectivity index (χ2n) is 4.55. The van der Waals surface area contributed by atoms with Crippen molar-refractivity contribution in [3.63, 3.8) is 0 Å². The van der Waals surface area contributed by atoms with Crippen molar-refractivity contribution in [2.24, 2.45) is 5.73 Å². The number of halogens is 3. The molecule has 0 saturated carbocycles. The summed E-state index contributed by atoms with van der Waals surface area (Å²) >= 11 is 11.6. The Kier molecular flexibility index (Phi) is 4.46. The van der Waals surface area contributed by atoms with Gasteiger partial charge in [0.1, 0.15) is 5.82 Å². The molecule has 4 heteroatoms. The van der Waals surface area contributed by atoms with Crippen molar-refractivity contribution >= 4 is 23.2 Å². The van der Waals surface area contributed by atoms with Crippen LogP contribution in [0.4, 0.5) is 4.39 Å². The van der Waals surface area contributed by atoms with Gasteiger partial charge in [0.2, 0.25) is 0 Å². The number of hydrogen-bond acceptors (Lipinski definition) is 1. The highest BCUT2D eigenvalue weighted by Crippen LogP contribution is 2.24. The summed E-state index contributed by atoms with van der Waals surface area (Å²) in [4.78, 5) is 0. The number of rotatable bonds is 3. The second-order valence-corrected chi connectivity index (χ2v) is 5.42. The van der Waals surface area contributed by atoms with E-state index >= 15 is 0 Å². The number of benzene rings is 2. The first kappa shape index (κ1) is 14.3. The maximum Gasteiger partial charge on any atom is 0.127 e. The molecule has 1 atom stereocenters. The van der Waals surface area contributed by atoms with E-state index in [0.29, 0.717) is 22.0 Å². The molecule has 100 valence electrons. The molecule has 0 saturated heterocycles. The molecule has 0 aliphatic rings. The van der Waals surface area contributed by atoms with Crippen molar-refractivity contribution in [2.75, 3.05) is 0 Å². The van der Waals surface area contributed by atoms with Gasteiger partial charge in [0.05, 0.1) is 0 Å². The van der Waals surface area contributed by atoms with Crippen LogP contribution in [0.2, 0.25) is 10.0 Å². The van der Waals surface area contributed by atoms with Crippen molar-refractivity contribution in [1.82, 2.24) is 0 Å². The van der Waals surface area contributed by atoms with Gasteiger partial charge in [0, 0.05) is 16.1 Å². The lowest BCUT2D eigenvalue weighted by Gasteiger charge is -2.15. The summed E-state index contributed by atoms with van der Waals surface area (Å²) in [6.07, 6.45) is 0.422. The first-order valence-corrected chi connectivity index (χ1v) is 6.68. The fourth-order valence-electron chi connectivity index (χ4n) is 2.09. The predicted octanol–water partition coefficient (Wildman–Crippen LogP) is 4.68. The van der Waals surface area contributed by atoms with Gasteiger partial charge < -0.3 is 5.73 Å². The summed E-state index contributed by atoms with van der Waals surface area (Å²) in [6, 6.07) is 9.91. The molecule has 0 fully saturated rings. The summed E-state index contributed by atoms with van der Waals surface area (Å²) in [5.41, 5.74) is 8.68. The van der Waals surface area contributed by atoms with Gasteiger partial charge in [0.15, 0.2) is 0 Å². The first-order chi connectivity index (χ1) is 8.97. The highest BCUT2D eigenvalue weighted by atomic mass is 35.5. The Balaban J connectivity index is 2.23. The Labute approximate surface area is 122 Å². The highest BCUT2D eigenvalue weighted by molar-refractivity contribution is 6.30. The molecular weight excluding hydrogens is 284 g/mol. The van der Waals surface area contributed by atoms with Crippen molar-refractivity contribution in [3.8, 4) is 0 Å². The Morgan fingerprint density at radius 2 is 1.74 bits per heavy atom.